The average Bonchev–Trinajstić information content (AvgIpc) is 2.88. The van der Waals surface area contributed by atoms with Crippen LogP contribution in [-0.4, -0.2) is 17.7 Å². The number of ether oxygens (including phenoxy) is 1. The Hall–Kier alpha value is -2.33. The van der Waals surface area contributed by atoms with Crippen molar-refractivity contribution in [2.24, 2.45) is 0 Å². The van der Waals surface area contributed by atoms with E-state index in [1.165, 1.54) is 12.3 Å². The molecule has 2 rings (SSSR count). The van der Waals surface area contributed by atoms with E-state index in [9.17, 15) is 4.79 Å². The molecule has 0 amide bonds. The van der Waals surface area contributed by atoms with Gasteiger partial charge in [-0.25, -0.2) is 4.79 Å². The van der Waals surface area contributed by atoms with Crippen LogP contribution < -0.4 is 0 Å². The van der Waals surface area contributed by atoms with Crippen LogP contribution in [0.3, 0.4) is 0 Å². The standard InChI is InChI=1S/C15H14O4/c16-15(17)13-8-10-19-14(13)11-18-9-4-7-12-5-2-1-3-6-12/h1-8,10H,9,11H2,(H,16,17)/b7-4+. The van der Waals surface area contributed by atoms with Crippen LogP contribution in [0.1, 0.15) is 21.7 Å². The van der Waals surface area contributed by atoms with Crippen LogP contribution in [-0.2, 0) is 11.3 Å². The first-order chi connectivity index (χ1) is 9.27. The van der Waals surface area contributed by atoms with Gasteiger partial charge < -0.3 is 14.3 Å². The monoisotopic (exact) mass is 258 g/mol. The largest absolute Gasteiger partial charge is 0.478 e. The van der Waals surface area contributed by atoms with Gasteiger partial charge in [-0.3, -0.25) is 0 Å². The third-order valence-corrected chi connectivity index (χ3v) is 2.53. The lowest BCUT2D eigenvalue weighted by Crippen LogP contribution is -2.01. The Morgan fingerprint density at radius 2 is 2.05 bits per heavy atom. The second-order valence-corrected chi connectivity index (χ2v) is 3.89. The Bertz CT molecular complexity index is 555. The van der Waals surface area contributed by atoms with Crippen molar-refractivity contribution < 1.29 is 19.1 Å². The van der Waals surface area contributed by atoms with Gasteiger partial charge >= 0.3 is 5.97 Å². The van der Waals surface area contributed by atoms with E-state index in [0.29, 0.717) is 12.4 Å². The summed E-state index contributed by atoms with van der Waals surface area (Å²) in [6, 6.07) is 11.3. The molecule has 2 aromatic rings. The zero-order valence-corrected chi connectivity index (χ0v) is 10.3. The highest BCUT2D eigenvalue weighted by Gasteiger charge is 2.12. The summed E-state index contributed by atoms with van der Waals surface area (Å²) < 4.78 is 10.4. The van der Waals surface area contributed by atoms with E-state index in [0.717, 1.165) is 5.56 Å². The Kier molecular flexibility index (Phi) is 4.53. The number of benzene rings is 1. The first-order valence-electron chi connectivity index (χ1n) is 5.86. The lowest BCUT2D eigenvalue weighted by atomic mass is 10.2. The SMILES string of the molecule is O=C(O)c1ccoc1COC/C=C/c1ccccc1. The van der Waals surface area contributed by atoms with E-state index in [2.05, 4.69) is 0 Å². The molecule has 1 heterocycles. The van der Waals surface area contributed by atoms with Crippen LogP contribution in [0, 0.1) is 0 Å². The summed E-state index contributed by atoms with van der Waals surface area (Å²) in [7, 11) is 0. The zero-order valence-electron chi connectivity index (χ0n) is 10.3. The second kappa shape index (κ2) is 6.56. The van der Waals surface area contributed by atoms with Crippen molar-refractivity contribution >= 4 is 12.0 Å². The summed E-state index contributed by atoms with van der Waals surface area (Å²) in [6.45, 7) is 0.544. The number of hydrogen-bond donors (Lipinski definition) is 1. The van der Waals surface area contributed by atoms with Crippen LogP contribution in [0.25, 0.3) is 6.08 Å². The predicted molar refractivity (Wildman–Crippen MR) is 70.8 cm³/mol. The highest BCUT2D eigenvalue weighted by molar-refractivity contribution is 5.88. The number of carboxylic acids is 1. The molecule has 0 fully saturated rings. The van der Waals surface area contributed by atoms with Crippen molar-refractivity contribution in [2.75, 3.05) is 6.61 Å². The third-order valence-electron chi connectivity index (χ3n) is 2.53. The molecule has 0 atom stereocenters. The minimum Gasteiger partial charge on any atom is -0.478 e. The lowest BCUT2D eigenvalue weighted by Gasteiger charge is -1.99. The number of furan rings is 1. The average molecular weight is 258 g/mol. The Morgan fingerprint density at radius 3 is 2.79 bits per heavy atom. The van der Waals surface area contributed by atoms with Crippen LogP contribution in [0.5, 0.6) is 0 Å². The molecule has 1 aromatic carbocycles. The summed E-state index contributed by atoms with van der Waals surface area (Å²) >= 11 is 0. The van der Waals surface area contributed by atoms with Gasteiger partial charge in [-0.1, -0.05) is 42.5 Å². The van der Waals surface area contributed by atoms with Gasteiger partial charge in [0.1, 0.15) is 17.9 Å². The van der Waals surface area contributed by atoms with E-state index in [1.807, 2.05) is 42.5 Å². The molecule has 4 nitrogen and oxygen atoms in total. The fourth-order valence-corrected chi connectivity index (χ4v) is 1.61. The summed E-state index contributed by atoms with van der Waals surface area (Å²) in [5, 5.41) is 8.88. The van der Waals surface area contributed by atoms with Crippen molar-refractivity contribution in [1.29, 1.82) is 0 Å². The molecule has 1 aromatic heterocycles. The molecule has 0 aliphatic rings. The molecule has 1 N–H and O–H groups in total. The van der Waals surface area contributed by atoms with Gasteiger partial charge in [-0.2, -0.15) is 0 Å². The first-order valence-corrected chi connectivity index (χ1v) is 5.86. The van der Waals surface area contributed by atoms with E-state index >= 15 is 0 Å². The molecular formula is C15H14O4. The Morgan fingerprint density at radius 1 is 1.26 bits per heavy atom. The van der Waals surface area contributed by atoms with Crippen LogP contribution >= 0.6 is 0 Å². The smallest absolute Gasteiger partial charge is 0.339 e. The van der Waals surface area contributed by atoms with Crippen LogP contribution in [0.2, 0.25) is 0 Å². The number of carboxylic acid groups (broad SMARTS) is 1. The molecule has 0 aliphatic heterocycles. The number of aromatic carboxylic acids is 1. The summed E-state index contributed by atoms with van der Waals surface area (Å²) in [5.74, 6) is -0.673. The molecule has 0 aliphatic carbocycles. The van der Waals surface area contributed by atoms with E-state index in [1.54, 1.807) is 0 Å². The first kappa shape index (κ1) is 13.1. The minimum atomic E-state index is -1.01. The molecule has 0 radical (unpaired) electrons. The van der Waals surface area contributed by atoms with Gasteiger partial charge in [-0.15, -0.1) is 0 Å². The van der Waals surface area contributed by atoms with Gasteiger partial charge in [-0.05, 0) is 11.6 Å². The molecule has 0 spiro atoms. The number of carbonyl (C=O) groups is 1. The van der Waals surface area contributed by atoms with Crippen LogP contribution in [0.15, 0.2) is 53.2 Å². The summed E-state index contributed by atoms with van der Waals surface area (Å²) in [6.07, 6.45) is 5.17. The van der Waals surface area contributed by atoms with E-state index < -0.39 is 5.97 Å². The van der Waals surface area contributed by atoms with Crippen molar-refractivity contribution in [2.45, 2.75) is 6.61 Å². The van der Waals surface area contributed by atoms with Crippen molar-refractivity contribution in [3.63, 3.8) is 0 Å². The fraction of sp³-hybridized carbons (Fsp3) is 0.133. The molecule has 0 saturated heterocycles. The predicted octanol–water partition coefficient (Wildman–Crippen LogP) is 3.21. The molecule has 0 unspecified atom stereocenters. The Labute approximate surface area is 110 Å². The highest BCUT2D eigenvalue weighted by atomic mass is 16.5. The number of hydrogen-bond acceptors (Lipinski definition) is 3. The fourth-order valence-electron chi connectivity index (χ4n) is 1.61. The second-order valence-electron chi connectivity index (χ2n) is 3.89. The molecule has 0 saturated carbocycles. The van der Waals surface area contributed by atoms with E-state index in [4.69, 9.17) is 14.3 Å². The molecule has 0 bridgehead atoms. The molecular weight excluding hydrogens is 244 g/mol. The highest BCUT2D eigenvalue weighted by Crippen LogP contribution is 2.11. The molecule has 98 valence electrons. The minimum absolute atomic E-state index is 0.145. The van der Waals surface area contributed by atoms with Gasteiger partial charge in [0.05, 0.1) is 12.9 Å². The lowest BCUT2D eigenvalue weighted by molar-refractivity contribution is 0.0685. The summed E-state index contributed by atoms with van der Waals surface area (Å²) in [4.78, 5) is 10.8. The Balaban J connectivity index is 1.79. The normalized spacial score (nSPS) is 10.9. The van der Waals surface area contributed by atoms with Crippen molar-refractivity contribution in [3.8, 4) is 0 Å². The third kappa shape index (κ3) is 3.82. The topological polar surface area (TPSA) is 59.7 Å². The maximum absolute atomic E-state index is 10.8. The zero-order chi connectivity index (χ0) is 13.5. The van der Waals surface area contributed by atoms with Crippen molar-refractivity contribution in [1.82, 2.24) is 0 Å². The summed E-state index contributed by atoms with van der Waals surface area (Å²) in [5.41, 5.74) is 1.24. The molecule has 19 heavy (non-hydrogen) atoms. The van der Waals surface area contributed by atoms with Gasteiger partial charge in [0.25, 0.3) is 0 Å². The van der Waals surface area contributed by atoms with Gasteiger partial charge in [0, 0.05) is 0 Å². The van der Waals surface area contributed by atoms with E-state index in [-0.39, 0.29) is 12.2 Å². The van der Waals surface area contributed by atoms with Gasteiger partial charge in [0.2, 0.25) is 0 Å². The number of rotatable bonds is 6. The van der Waals surface area contributed by atoms with Crippen molar-refractivity contribution in [3.05, 3.63) is 65.6 Å². The quantitative estimate of drug-likeness (QED) is 0.808. The maximum Gasteiger partial charge on any atom is 0.339 e. The van der Waals surface area contributed by atoms with Gasteiger partial charge in [0.15, 0.2) is 0 Å². The maximum atomic E-state index is 10.8. The molecule has 4 heteroatoms. The van der Waals surface area contributed by atoms with Crippen LogP contribution in [0.4, 0.5) is 0 Å².